The van der Waals surface area contributed by atoms with E-state index in [1.807, 2.05) is 6.92 Å². The average molecular weight is 259 g/mol. The summed E-state index contributed by atoms with van der Waals surface area (Å²) in [5.74, 6) is -0.163. The zero-order chi connectivity index (χ0) is 13.0. The summed E-state index contributed by atoms with van der Waals surface area (Å²) in [4.78, 5) is 23.0. The van der Waals surface area contributed by atoms with Gasteiger partial charge in [-0.15, -0.1) is 0 Å². The molecule has 1 amide bonds. The zero-order valence-electron chi connectivity index (χ0n) is 9.95. The van der Waals surface area contributed by atoms with Gasteiger partial charge in [0.1, 0.15) is 11.1 Å². The lowest BCUT2D eigenvalue weighted by Crippen LogP contribution is -2.38. The van der Waals surface area contributed by atoms with E-state index in [0.717, 1.165) is 4.68 Å². The summed E-state index contributed by atoms with van der Waals surface area (Å²) in [6.45, 7) is 4.06. The molecule has 6 nitrogen and oxygen atoms in total. The molecule has 1 rings (SSSR count). The van der Waals surface area contributed by atoms with Crippen molar-refractivity contribution in [3.63, 3.8) is 0 Å². The molecule has 94 valence electrons. The van der Waals surface area contributed by atoms with Crippen LogP contribution in [-0.4, -0.2) is 28.3 Å². The average Bonchev–Trinajstić information content (AvgIpc) is 2.30. The molecule has 17 heavy (non-hydrogen) atoms. The second-order valence-corrected chi connectivity index (χ2v) is 3.94. The molecular formula is C10H15ClN4O2. The maximum absolute atomic E-state index is 11.5. The summed E-state index contributed by atoms with van der Waals surface area (Å²) in [5.41, 5.74) is -0.0479. The van der Waals surface area contributed by atoms with Crippen LogP contribution in [0.1, 0.15) is 13.8 Å². The number of aromatic nitrogens is 2. The first kappa shape index (κ1) is 13.5. The van der Waals surface area contributed by atoms with Gasteiger partial charge in [-0.1, -0.05) is 11.6 Å². The maximum Gasteiger partial charge on any atom is 0.287 e. The highest BCUT2D eigenvalue weighted by Gasteiger charge is 2.14. The van der Waals surface area contributed by atoms with Crippen LogP contribution in [-0.2, 0) is 11.8 Å². The molecule has 1 atom stereocenters. The summed E-state index contributed by atoms with van der Waals surface area (Å²) in [5, 5.41) is 9.36. The van der Waals surface area contributed by atoms with Crippen molar-refractivity contribution >= 4 is 23.2 Å². The second-order valence-electron chi connectivity index (χ2n) is 3.56. The van der Waals surface area contributed by atoms with Gasteiger partial charge in [0.15, 0.2) is 0 Å². The summed E-state index contributed by atoms with van der Waals surface area (Å²) in [6.07, 6.45) is 1.42. The molecule has 1 aromatic heterocycles. The molecule has 0 radical (unpaired) electrons. The summed E-state index contributed by atoms with van der Waals surface area (Å²) in [7, 11) is 1.51. The minimum atomic E-state index is -0.485. The fourth-order valence-corrected chi connectivity index (χ4v) is 1.46. The van der Waals surface area contributed by atoms with Gasteiger partial charge in [-0.2, -0.15) is 5.10 Å². The Morgan fingerprint density at radius 2 is 2.29 bits per heavy atom. The highest BCUT2D eigenvalue weighted by Crippen LogP contribution is 2.15. The molecule has 1 aromatic rings. The number of nitrogens with zero attached hydrogens (tertiary/aromatic N) is 2. The number of halogens is 1. The van der Waals surface area contributed by atoms with Crippen molar-refractivity contribution in [3.05, 3.63) is 21.6 Å². The van der Waals surface area contributed by atoms with Gasteiger partial charge in [-0.3, -0.25) is 9.59 Å². The molecular weight excluding hydrogens is 244 g/mol. The van der Waals surface area contributed by atoms with Gasteiger partial charge in [0.25, 0.3) is 5.56 Å². The molecule has 0 fully saturated rings. The topological polar surface area (TPSA) is 76.0 Å². The first-order valence-electron chi connectivity index (χ1n) is 5.23. The van der Waals surface area contributed by atoms with Crippen molar-refractivity contribution in [2.45, 2.75) is 19.9 Å². The van der Waals surface area contributed by atoms with Crippen molar-refractivity contribution in [3.8, 4) is 0 Å². The van der Waals surface area contributed by atoms with Gasteiger partial charge in [0.05, 0.1) is 11.9 Å². The first-order valence-corrected chi connectivity index (χ1v) is 5.61. The minimum absolute atomic E-state index is 0.0265. The normalized spacial score (nSPS) is 12.0. The lowest BCUT2D eigenvalue weighted by molar-refractivity contribution is -0.121. The standard InChI is InChI=1S/C10H15ClN4O2/c1-4-12-9(16)6(2)14-7-5-13-15(3)10(17)8(7)11/h5-6,14H,4H2,1-3H3,(H,12,16). The van der Waals surface area contributed by atoms with Crippen LogP contribution >= 0.6 is 11.6 Å². The van der Waals surface area contributed by atoms with Crippen LogP contribution in [0, 0.1) is 0 Å². The Bertz CT molecular complexity index is 472. The van der Waals surface area contributed by atoms with Gasteiger partial charge < -0.3 is 10.6 Å². The van der Waals surface area contributed by atoms with Crippen molar-refractivity contribution in [1.29, 1.82) is 0 Å². The van der Waals surface area contributed by atoms with Crippen LogP contribution in [0.5, 0.6) is 0 Å². The number of hydrogen-bond acceptors (Lipinski definition) is 4. The van der Waals surface area contributed by atoms with E-state index in [1.54, 1.807) is 6.92 Å². The van der Waals surface area contributed by atoms with Crippen LogP contribution in [0.3, 0.4) is 0 Å². The Morgan fingerprint density at radius 3 is 2.88 bits per heavy atom. The van der Waals surface area contributed by atoms with Crippen LogP contribution in [0.15, 0.2) is 11.0 Å². The van der Waals surface area contributed by atoms with Crippen LogP contribution in [0.2, 0.25) is 5.02 Å². The number of rotatable bonds is 4. The third-order valence-corrected chi connectivity index (χ3v) is 2.56. The van der Waals surface area contributed by atoms with E-state index in [1.165, 1.54) is 13.2 Å². The Hall–Kier alpha value is -1.56. The summed E-state index contributed by atoms with van der Waals surface area (Å²) < 4.78 is 1.13. The van der Waals surface area contributed by atoms with Crippen LogP contribution < -0.4 is 16.2 Å². The van der Waals surface area contributed by atoms with Crippen LogP contribution in [0.4, 0.5) is 5.69 Å². The number of amides is 1. The van der Waals surface area contributed by atoms with Crippen molar-refractivity contribution in [2.24, 2.45) is 7.05 Å². The monoisotopic (exact) mass is 258 g/mol. The van der Waals surface area contributed by atoms with Gasteiger partial charge in [-0.05, 0) is 13.8 Å². The van der Waals surface area contributed by atoms with E-state index in [4.69, 9.17) is 11.6 Å². The maximum atomic E-state index is 11.5. The van der Waals surface area contributed by atoms with E-state index in [2.05, 4.69) is 15.7 Å². The van der Waals surface area contributed by atoms with E-state index >= 15 is 0 Å². The van der Waals surface area contributed by atoms with Crippen LogP contribution in [0.25, 0.3) is 0 Å². The first-order chi connectivity index (χ1) is 7.97. The SMILES string of the molecule is CCNC(=O)C(C)Nc1cnn(C)c(=O)c1Cl. The Morgan fingerprint density at radius 1 is 1.65 bits per heavy atom. The predicted molar refractivity (Wildman–Crippen MR) is 66.3 cm³/mol. The zero-order valence-corrected chi connectivity index (χ0v) is 10.7. The van der Waals surface area contributed by atoms with E-state index in [0.29, 0.717) is 12.2 Å². The van der Waals surface area contributed by atoms with E-state index in [-0.39, 0.29) is 10.9 Å². The molecule has 0 aromatic carbocycles. The van der Waals surface area contributed by atoms with Gasteiger partial charge in [0.2, 0.25) is 5.91 Å². The Kier molecular flexibility index (Phi) is 4.51. The second kappa shape index (κ2) is 5.67. The smallest absolute Gasteiger partial charge is 0.287 e. The number of hydrogen-bond donors (Lipinski definition) is 2. The Labute approximate surface area is 104 Å². The van der Waals surface area contributed by atoms with E-state index < -0.39 is 11.6 Å². The molecule has 0 saturated carbocycles. The fraction of sp³-hybridized carbons (Fsp3) is 0.500. The predicted octanol–water partition coefficient (Wildman–Crippen LogP) is 0.370. The molecule has 0 aliphatic carbocycles. The highest BCUT2D eigenvalue weighted by molar-refractivity contribution is 6.33. The number of carbonyl (C=O) groups excluding carboxylic acids is 1. The van der Waals surface area contributed by atoms with E-state index in [9.17, 15) is 9.59 Å². The molecule has 7 heteroatoms. The largest absolute Gasteiger partial charge is 0.371 e. The number of anilines is 1. The fourth-order valence-electron chi connectivity index (χ4n) is 1.24. The molecule has 2 N–H and O–H groups in total. The summed E-state index contributed by atoms with van der Waals surface area (Å²) >= 11 is 5.86. The molecule has 0 saturated heterocycles. The quantitative estimate of drug-likeness (QED) is 0.818. The number of likely N-dealkylation sites (N-methyl/N-ethyl adjacent to an activating group) is 1. The number of nitrogens with one attached hydrogen (secondary N) is 2. The van der Waals surface area contributed by atoms with Gasteiger partial charge in [0, 0.05) is 13.6 Å². The highest BCUT2D eigenvalue weighted by atomic mass is 35.5. The third-order valence-electron chi connectivity index (χ3n) is 2.19. The molecule has 0 aliphatic heterocycles. The number of aryl methyl sites for hydroxylation is 1. The number of carbonyl (C=O) groups is 1. The lowest BCUT2D eigenvalue weighted by atomic mass is 10.3. The lowest BCUT2D eigenvalue weighted by Gasteiger charge is -2.15. The van der Waals surface area contributed by atoms with Crippen molar-refractivity contribution in [2.75, 3.05) is 11.9 Å². The molecule has 0 spiro atoms. The third kappa shape index (κ3) is 3.20. The summed E-state index contributed by atoms with van der Waals surface area (Å²) in [6, 6.07) is -0.485. The Balaban J connectivity index is 2.86. The van der Waals surface area contributed by atoms with Crippen molar-refractivity contribution < 1.29 is 4.79 Å². The van der Waals surface area contributed by atoms with Crippen molar-refractivity contribution in [1.82, 2.24) is 15.1 Å². The molecule has 0 bridgehead atoms. The minimum Gasteiger partial charge on any atom is -0.371 e. The van der Waals surface area contributed by atoms with Gasteiger partial charge >= 0.3 is 0 Å². The van der Waals surface area contributed by atoms with Gasteiger partial charge in [-0.25, -0.2) is 4.68 Å². The molecule has 1 unspecified atom stereocenters. The molecule has 1 heterocycles. The molecule has 0 aliphatic rings.